The van der Waals surface area contributed by atoms with Gasteiger partial charge in [0.25, 0.3) is 0 Å². The van der Waals surface area contributed by atoms with Crippen LogP contribution in [0.3, 0.4) is 0 Å². The second-order valence-corrected chi connectivity index (χ2v) is 7.26. The molecule has 1 saturated carbocycles. The van der Waals surface area contributed by atoms with Crippen molar-refractivity contribution >= 4 is 0 Å². The zero-order chi connectivity index (χ0) is 14.1. The summed E-state index contributed by atoms with van der Waals surface area (Å²) >= 11 is 0. The van der Waals surface area contributed by atoms with E-state index in [9.17, 15) is 0 Å². The smallest absolute Gasteiger partial charge is 0.0249 e. The number of benzene rings is 1. The lowest BCUT2D eigenvalue weighted by Crippen LogP contribution is -2.56. The van der Waals surface area contributed by atoms with Crippen LogP contribution in [0.4, 0.5) is 0 Å². The van der Waals surface area contributed by atoms with Crippen molar-refractivity contribution in [1.82, 2.24) is 10.2 Å². The Balaban J connectivity index is 1.43. The van der Waals surface area contributed by atoms with Gasteiger partial charge >= 0.3 is 0 Å². The van der Waals surface area contributed by atoms with Gasteiger partial charge in [-0.25, -0.2) is 0 Å². The first-order valence-corrected chi connectivity index (χ1v) is 8.94. The monoisotopic (exact) mass is 284 g/mol. The van der Waals surface area contributed by atoms with Gasteiger partial charge in [-0.15, -0.1) is 0 Å². The predicted molar refractivity (Wildman–Crippen MR) is 87.7 cm³/mol. The first-order chi connectivity index (χ1) is 10.4. The second kappa shape index (κ2) is 6.10. The van der Waals surface area contributed by atoms with E-state index in [1.54, 1.807) is 11.1 Å². The van der Waals surface area contributed by atoms with Crippen LogP contribution in [0.15, 0.2) is 24.3 Å². The van der Waals surface area contributed by atoms with Crippen LogP contribution in [0, 0.1) is 5.92 Å². The predicted octanol–water partition coefficient (Wildman–Crippen LogP) is 3.18. The van der Waals surface area contributed by atoms with Gasteiger partial charge in [-0.3, -0.25) is 4.90 Å². The molecule has 0 bridgehead atoms. The van der Waals surface area contributed by atoms with Gasteiger partial charge in [-0.2, -0.15) is 0 Å². The molecule has 1 N–H and O–H groups in total. The van der Waals surface area contributed by atoms with E-state index in [1.807, 2.05) is 0 Å². The Labute approximate surface area is 128 Å². The molecule has 0 aromatic heterocycles. The van der Waals surface area contributed by atoms with Crippen molar-refractivity contribution in [1.29, 1.82) is 0 Å². The standard InChI is InChI=1S/C19H28N2/c1-2-6-15(7-3-1)19-13-20-10-11-21(19)14-17-12-16-8-4-5-9-18(16)17/h4-5,8-9,15,17,19-20H,1-3,6-7,10-14H2. The molecular weight excluding hydrogens is 256 g/mol. The normalized spacial score (nSPS) is 30.7. The molecule has 2 atom stereocenters. The van der Waals surface area contributed by atoms with E-state index < -0.39 is 0 Å². The molecule has 1 aliphatic heterocycles. The highest BCUT2D eigenvalue weighted by Gasteiger charge is 2.34. The minimum absolute atomic E-state index is 0.797. The molecule has 0 amide bonds. The summed E-state index contributed by atoms with van der Waals surface area (Å²) in [4.78, 5) is 2.83. The fourth-order valence-electron chi connectivity index (χ4n) is 4.79. The van der Waals surface area contributed by atoms with Gasteiger partial charge in [-0.1, -0.05) is 43.5 Å². The van der Waals surface area contributed by atoms with E-state index in [2.05, 4.69) is 34.5 Å². The minimum atomic E-state index is 0.797. The Morgan fingerprint density at radius 2 is 1.95 bits per heavy atom. The van der Waals surface area contributed by atoms with E-state index in [4.69, 9.17) is 0 Å². The second-order valence-electron chi connectivity index (χ2n) is 7.26. The minimum Gasteiger partial charge on any atom is -0.314 e. The quantitative estimate of drug-likeness (QED) is 0.917. The zero-order valence-electron chi connectivity index (χ0n) is 13.1. The summed E-state index contributed by atoms with van der Waals surface area (Å²) in [5, 5.41) is 3.65. The molecule has 1 heterocycles. The number of hydrogen-bond donors (Lipinski definition) is 1. The molecule has 1 saturated heterocycles. The van der Waals surface area contributed by atoms with Gasteiger partial charge in [0.05, 0.1) is 0 Å². The topological polar surface area (TPSA) is 15.3 Å². The highest BCUT2D eigenvalue weighted by atomic mass is 15.2. The summed E-state index contributed by atoms with van der Waals surface area (Å²) < 4.78 is 0. The first kappa shape index (κ1) is 13.8. The van der Waals surface area contributed by atoms with E-state index in [-0.39, 0.29) is 0 Å². The molecule has 1 aromatic rings. The Bertz CT molecular complexity index is 478. The van der Waals surface area contributed by atoms with Gasteiger partial charge < -0.3 is 5.32 Å². The molecule has 2 nitrogen and oxygen atoms in total. The van der Waals surface area contributed by atoms with Crippen LogP contribution in [0.5, 0.6) is 0 Å². The van der Waals surface area contributed by atoms with Crippen LogP contribution in [-0.2, 0) is 6.42 Å². The Kier molecular flexibility index (Phi) is 4.00. The van der Waals surface area contributed by atoms with Crippen LogP contribution in [-0.4, -0.2) is 37.1 Å². The lowest BCUT2D eigenvalue weighted by molar-refractivity contribution is 0.0841. The van der Waals surface area contributed by atoms with Crippen molar-refractivity contribution in [2.45, 2.75) is 50.5 Å². The van der Waals surface area contributed by atoms with Crippen molar-refractivity contribution < 1.29 is 0 Å². The van der Waals surface area contributed by atoms with Crippen molar-refractivity contribution in [3.63, 3.8) is 0 Å². The molecule has 1 aromatic carbocycles. The Morgan fingerprint density at radius 1 is 1.10 bits per heavy atom. The molecule has 2 unspecified atom stereocenters. The summed E-state index contributed by atoms with van der Waals surface area (Å²) in [6, 6.07) is 9.85. The molecule has 2 aliphatic carbocycles. The highest BCUT2D eigenvalue weighted by molar-refractivity contribution is 5.40. The third-order valence-electron chi connectivity index (χ3n) is 6.01. The highest BCUT2D eigenvalue weighted by Crippen LogP contribution is 2.37. The van der Waals surface area contributed by atoms with Crippen molar-refractivity contribution in [2.24, 2.45) is 5.92 Å². The van der Waals surface area contributed by atoms with Gasteiger partial charge in [-0.05, 0) is 36.3 Å². The van der Waals surface area contributed by atoms with Crippen molar-refractivity contribution in [3.8, 4) is 0 Å². The lowest BCUT2D eigenvalue weighted by Gasteiger charge is -2.45. The SMILES string of the molecule is c1ccc2c(c1)CC2CN1CCNCC1C1CCCCC1. The maximum atomic E-state index is 3.65. The van der Waals surface area contributed by atoms with E-state index in [0.717, 1.165) is 17.9 Å². The number of piperazine rings is 1. The van der Waals surface area contributed by atoms with E-state index >= 15 is 0 Å². The van der Waals surface area contributed by atoms with Gasteiger partial charge in [0.15, 0.2) is 0 Å². The molecule has 114 valence electrons. The van der Waals surface area contributed by atoms with Crippen LogP contribution in [0.25, 0.3) is 0 Å². The number of nitrogens with zero attached hydrogens (tertiary/aromatic N) is 1. The van der Waals surface area contributed by atoms with E-state index in [1.165, 1.54) is 64.7 Å². The fraction of sp³-hybridized carbons (Fsp3) is 0.684. The number of nitrogens with one attached hydrogen (secondary N) is 1. The summed E-state index contributed by atoms with van der Waals surface area (Å²) in [7, 11) is 0. The summed E-state index contributed by atoms with van der Waals surface area (Å²) in [5.74, 6) is 1.74. The number of rotatable bonds is 3. The summed E-state index contributed by atoms with van der Waals surface area (Å²) in [5.41, 5.74) is 3.21. The van der Waals surface area contributed by atoms with Gasteiger partial charge in [0, 0.05) is 38.1 Å². The molecule has 4 rings (SSSR count). The molecule has 2 fully saturated rings. The van der Waals surface area contributed by atoms with Crippen molar-refractivity contribution in [3.05, 3.63) is 35.4 Å². The fourth-order valence-corrected chi connectivity index (χ4v) is 4.79. The number of hydrogen-bond acceptors (Lipinski definition) is 2. The summed E-state index contributed by atoms with van der Waals surface area (Å²) in [6.45, 7) is 4.94. The Hall–Kier alpha value is -0.860. The van der Waals surface area contributed by atoms with Gasteiger partial charge in [0.1, 0.15) is 0 Å². The Morgan fingerprint density at radius 3 is 2.81 bits per heavy atom. The maximum absolute atomic E-state index is 3.65. The average Bonchev–Trinajstić information content (AvgIpc) is 2.54. The van der Waals surface area contributed by atoms with Crippen LogP contribution in [0.2, 0.25) is 0 Å². The zero-order valence-corrected chi connectivity index (χ0v) is 13.1. The molecule has 0 radical (unpaired) electrons. The molecular formula is C19H28N2. The average molecular weight is 284 g/mol. The molecule has 3 aliphatic rings. The third-order valence-corrected chi connectivity index (χ3v) is 6.01. The van der Waals surface area contributed by atoms with Crippen LogP contribution in [0.1, 0.15) is 49.1 Å². The molecule has 0 spiro atoms. The van der Waals surface area contributed by atoms with Gasteiger partial charge in [0.2, 0.25) is 0 Å². The van der Waals surface area contributed by atoms with Crippen LogP contribution >= 0.6 is 0 Å². The van der Waals surface area contributed by atoms with Crippen LogP contribution < -0.4 is 5.32 Å². The maximum Gasteiger partial charge on any atom is 0.0249 e. The molecule has 2 heteroatoms. The molecule has 21 heavy (non-hydrogen) atoms. The third kappa shape index (κ3) is 2.76. The van der Waals surface area contributed by atoms with Crippen molar-refractivity contribution in [2.75, 3.05) is 26.2 Å². The summed E-state index contributed by atoms with van der Waals surface area (Å²) in [6.07, 6.45) is 8.61. The first-order valence-electron chi connectivity index (χ1n) is 8.94. The lowest BCUT2D eigenvalue weighted by atomic mass is 9.76. The van der Waals surface area contributed by atoms with E-state index in [0.29, 0.717) is 0 Å². The number of fused-ring (bicyclic) bond motifs is 1. The largest absolute Gasteiger partial charge is 0.314 e.